The number of thioether (sulfide) groups is 1. The molecule has 0 aliphatic rings. The van der Waals surface area contributed by atoms with Crippen LogP contribution in [0, 0.1) is 11.6 Å². The quantitative estimate of drug-likeness (QED) is 0.573. The Morgan fingerprint density at radius 1 is 1.30 bits per heavy atom. The van der Waals surface area contributed by atoms with E-state index in [1.807, 2.05) is 6.92 Å². The Balaban J connectivity index is 1.70. The first-order valence-electron chi connectivity index (χ1n) is 7.76. The van der Waals surface area contributed by atoms with E-state index >= 15 is 0 Å². The molecular formula is C16H13BrF2N6OS. The summed E-state index contributed by atoms with van der Waals surface area (Å²) in [6, 6.07) is 1.78. The van der Waals surface area contributed by atoms with Crippen molar-refractivity contribution in [2.24, 2.45) is 0 Å². The van der Waals surface area contributed by atoms with E-state index in [0.717, 1.165) is 17.8 Å². The highest BCUT2D eigenvalue weighted by Gasteiger charge is 2.17. The van der Waals surface area contributed by atoms with Crippen LogP contribution in [0.15, 0.2) is 40.4 Å². The van der Waals surface area contributed by atoms with Crippen LogP contribution in [0.4, 0.5) is 14.5 Å². The van der Waals surface area contributed by atoms with Gasteiger partial charge >= 0.3 is 0 Å². The van der Waals surface area contributed by atoms with Gasteiger partial charge in [0.05, 0.1) is 17.6 Å². The monoisotopic (exact) mass is 454 g/mol. The molecule has 140 valence electrons. The fourth-order valence-corrected chi connectivity index (χ4v) is 3.56. The summed E-state index contributed by atoms with van der Waals surface area (Å²) in [7, 11) is 0. The lowest BCUT2D eigenvalue weighted by Crippen LogP contribution is -2.16. The highest BCUT2D eigenvalue weighted by atomic mass is 79.9. The number of hydrogen-bond acceptors (Lipinski definition) is 6. The number of hydrogen-bond donors (Lipinski definition) is 1. The van der Waals surface area contributed by atoms with Crippen LogP contribution in [-0.2, 0) is 11.3 Å². The number of carbonyl (C=O) groups excluding carboxylic acids is 1. The predicted octanol–water partition coefficient (Wildman–Crippen LogP) is 3.53. The fourth-order valence-electron chi connectivity index (χ4n) is 2.25. The first kappa shape index (κ1) is 19.4. The van der Waals surface area contributed by atoms with Crippen molar-refractivity contribution in [3.8, 4) is 11.5 Å². The molecule has 0 fully saturated rings. The van der Waals surface area contributed by atoms with Gasteiger partial charge in [-0.2, -0.15) is 0 Å². The Kier molecular flexibility index (Phi) is 6.11. The second-order valence-electron chi connectivity index (χ2n) is 5.22. The predicted molar refractivity (Wildman–Crippen MR) is 100 cm³/mol. The van der Waals surface area contributed by atoms with E-state index in [-0.39, 0.29) is 15.9 Å². The maximum atomic E-state index is 13.8. The molecule has 0 bridgehead atoms. The molecule has 0 radical (unpaired) electrons. The summed E-state index contributed by atoms with van der Waals surface area (Å²) < 4.78 is 28.9. The normalized spacial score (nSPS) is 10.8. The summed E-state index contributed by atoms with van der Waals surface area (Å²) in [5.74, 6) is -1.54. The number of amides is 1. The topological polar surface area (TPSA) is 85.6 Å². The molecule has 3 rings (SSSR count). The first-order chi connectivity index (χ1) is 13.0. The van der Waals surface area contributed by atoms with Gasteiger partial charge in [0.1, 0.15) is 11.5 Å². The number of nitrogens with one attached hydrogen (secondary N) is 1. The minimum atomic E-state index is -0.859. The van der Waals surface area contributed by atoms with Crippen LogP contribution >= 0.6 is 27.7 Å². The number of rotatable bonds is 6. The molecule has 0 spiro atoms. The van der Waals surface area contributed by atoms with Gasteiger partial charge in [-0.25, -0.2) is 13.8 Å². The van der Waals surface area contributed by atoms with Gasteiger partial charge in [-0.3, -0.25) is 9.78 Å². The summed E-state index contributed by atoms with van der Waals surface area (Å²) in [5, 5.41) is 11.1. The van der Waals surface area contributed by atoms with Gasteiger partial charge in [0.15, 0.2) is 16.8 Å². The van der Waals surface area contributed by atoms with Crippen molar-refractivity contribution < 1.29 is 13.6 Å². The van der Waals surface area contributed by atoms with Gasteiger partial charge in [0.25, 0.3) is 0 Å². The third-order valence-electron chi connectivity index (χ3n) is 3.43. The molecule has 0 atom stereocenters. The molecule has 27 heavy (non-hydrogen) atoms. The third-order valence-corrected chi connectivity index (χ3v) is 5.02. The molecule has 3 aromatic rings. The zero-order valence-electron chi connectivity index (χ0n) is 14.0. The molecule has 2 aromatic heterocycles. The average Bonchev–Trinajstić information content (AvgIpc) is 3.06. The largest absolute Gasteiger partial charge is 0.322 e. The Morgan fingerprint density at radius 2 is 2.11 bits per heavy atom. The lowest BCUT2D eigenvalue weighted by molar-refractivity contribution is -0.113. The lowest BCUT2D eigenvalue weighted by Gasteiger charge is -2.09. The second-order valence-corrected chi connectivity index (χ2v) is 7.02. The highest BCUT2D eigenvalue weighted by Crippen LogP contribution is 2.28. The maximum Gasteiger partial charge on any atom is 0.234 e. The standard InChI is InChI=1S/C16H13BrF2N6OS/c1-2-25-15(12-7-20-3-4-21-12)23-24-16(25)27-8-13(26)22-14-10(17)5-9(18)6-11(14)19/h3-7H,2,8H2,1H3,(H,22,26). The summed E-state index contributed by atoms with van der Waals surface area (Å²) in [4.78, 5) is 20.4. The first-order valence-corrected chi connectivity index (χ1v) is 9.54. The van der Waals surface area contributed by atoms with Crippen LogP contribution in [0.2, 0.25) is 0 Å². The van der Waals surface area contributed by atoms with Crippen LogP contribution < -0.4 is 5.32 Å². The van der Waals surface area contributed by atoms with Gasteiger partial charge in [0, 0.05) is 29.5 Å². The fraction of sp³-hybridized carbons (Fsp3) is 0.188. The average molecular weight is 455 g/mol. The molecule has 0 aliphatic carbocycles. The molecule has 0 saturated carbocycles. The van der Waals surface area contributed by atoms with E-state index in [1.54, 1.807) is 23.2 Å². The molecule has 0 saturated heterocycles. The van der Waals surface area contributed by atoms with Gasteiger partial charge in [-0.05, 0) is 28.9 Å². The zero-order valence-corrected chi connectivity index (χ0v) is 16.4. The SMILES string of the molecule is CCn1c(SCC(=O)Nc2c(F)cc(F)cc2Br)nnc1-c1cnccn1. The smallest absolute Gasteiger partial charge is 0.234 e. The van der Waals surface area contributed by atoms with Crippen LogP contribution in [-0.4, -0.2) is 36.4 Å². The maximum absolute atomic E-state index is 13.8. The lowest BCUT2D eigenvalue weighted by atomic mass is 10.3. The van der Waals surface area contributed by atoms with Crippen molar-refractivity contribution in [3.05, 3.63) is 46.8 Å². The molecule has 1 aromatic carbocycles. The van der Waals surface area contributed by atoms with E-state index in [4.69, 9.17) is 0 Å². The number of benzene rings is 1. The molecule has 2 heterocycles. The van der Waals surface area contributed by atoms with E-state index in [9.17, 15) is 13.6 Å². The van der Waals surface area contributed by atoms with Gasteiger partial charge in [0.2, 0.25) is 5.91 Å². The van der Waals surface area contributed by atoms with Crippen molar-refractivity contribution in [2.75, 3.05) is 11.1 Å². The summed E-state index contributed by atoms with van der Waals surface area (Å²) in [6.07, 6.45) is 4.69. The van der Waals surface area contributed by atoms with Crippen molar-refractivity contribution in [1.82, 2.24) is 24.7 Å². The minimum Gasteiger partial charge on any atom is -0.322 e. The number of halogens is 3. The molecule has 11 heteroatoms. The van der Waals surface area contributed by atoms with E-state index < -0.39 is 17.5 Å². The number of nitrogens with zero attached hydrogens (tertiary/aromatic N) is 5. The Morgan fingerprint density at radius 3 is 2.78 bits per heavy atom. The van der Waals surface area contributed by atoms with Crippen molar-refractivity contribution in [3.63, 3.8) is 0 Å². The van der Waals surface area contributed by atoms with Crippen LogP contribution in [0.25, 0.3) is 11.5 Å². The number of anilines is 1. The summed E-state index contributed by atoms with van der Waals surface area (Å²) in [5.41, 5.74) is 0.458. The Labute approximate surface area is 165 Å². The highest BCUT2D eigenvalue weighted by molar-refractivity contribution is 9.10. The van der Waals surface area contributed by atoms with Crippen LogP contribution in [0.5, 0.6) is 0 Å². The Hall–Kier alpha value is -2.40. The molecule has 7 nitrogen and oxygen atoms in total. The zero-order chi connectivity index (χ0) is 19.4. The van der Waals surface area contributed by atoms with Gasteiger partial charge in [-0.15, -0.1) is 10.2 Å². The van der Waals surface area contributed by atoms with E-state index in [0.29, 0.717) is 29.3 Å². The molecule has 1 N–H and O–H groups in total. The molecule has 1 amide bonds. The minimum absolute atomic E-state index is 0.0259. The Bertz CT molecular complexity index is 946. The number of carbonyl (C=O) groups is 1. The van der Waals surface area contributed by atoms with Crippen molar-refractivity contribution >= 4 is 39.3 Å². The van der Waals surface area contributed by atoms with Crippen molar-refractivity contribution in [2.45, 2.75) is 18.6 Å². The summed E-state index contributed by atoms with van der Waals surface area (Å²) >= 11 is 4.18. The number of aromatic nitrogens is 5. The third kappa shape index (κ3) is 4.48. The van der Waals surface area contributed by atoms with Gasteiger partial charge in [-0.1, -0.05) is 11.8 Å². The molecular weight excluding hydrogens is 442 g/mol. The van der Waals surface area contributed by atoms with E-state index in [2.05, 4.69) is 41.4 Å². The second kappa shape index (κ2) is 8.53. The van der Waals surface area contributed by atoms with E-state index in [1.165, 1.54) is 0 Å². The summed E-state index contributed by atoms with van der Waals surface area (Å²) in [6.45, 7) is 2.49. The van der Waals surface area contributed by atoms with Crippen LogP contribution in [0.1, 0.15) is 6.92 Å². The van der Waals surface area contributed by atoms with Crippen molar-refractivity contribution in [1.29, 1.82) is 0 Å². The molecule has 0 unspecified atom stereocenters. The van der Waals surface area contributed by atoms with Crippen LogP contribution in [0.3, 0.4) is 0 Å². The molecule has 0 aliphatic heterocycles. The van der Waals surface area contributed by atoms with Gasteiger partial charge < -0.3 is 9.88 Å².